The van der Waals surface area contributed by atoms with Crippen LogP contribution >= 0.6 is 0 Å². The van der Waals surface area contributed by atoms with Crippen molar-refractivity contribution in [2.75, 3.05) is 0 Å². The lowest BCUT2D eigenvalue weighted by Crippen LogP contribution is -2.48. The summed E-state index contributed by atoms with van der Waals surface area (Å²) in [5.74, 6) is 12.7. The van der Waals surface area contributed by atoms with Crippen LogP contribution in [-0.2, 0) is 13.1 Å². The molecule has 0 saturated heterocycles. The molecular formula is C32H28N2O2. The van der Waals surface area contributed by atoms with Crippen molar-refractivity contribution in [3.8, 4) is 23.7 Å². The summed E-state index contributed by atoms with van der Waals surface area (Å²) < 4.78 is 0. The van der Waals surface area contributed by atoms with E-state index in [0.717, 1.165) is 32.4 Å². The Balaban J connectivity index is 1.71. The summed E-state index contributed by atoms with van der Waals surface area (Å²) >= 11 is 0. The van der Waals surface area contributed by atoms with Crippen LogP contribution in [0.1, 0.15) is 22.3 Å². The van der Waals surface area contributed by atoms with Gasteiger partial charge in [-0.3, -0.25) is 0 Å². The first-order valence-corrected chi connectivity index (χ1v) is 11.8. The predicted octanol–water partition coefficient (Wildman–Crippen LogP) is 5.61. The number of benzene rings is 4. The fourth-order valence-electron chi connectivity index (χ4n) is 3.73. The van der Waals surface area contributed by atoms with E-state index in [0.29, 0.717) is 0 Å². The highest BCUT2D eigenvalue weighted by Gasteiger charge is 2.29. The standard InChI is InChI=1S/C32H28N2O2/c35-33(25-29-17-9-3-10-18-29)31(23-21-27-13-5-1-6-14-27)32(24-22-28-15-7-2-8-16-28)34(36)26-30-19-11-4-12-20-30/h1-20,31-32,35-36H,25-26H2/t31-,32-/m1/s1. The smallest absolute Gasteiger partial charge is 0.125 e. The molecule has 0 aliphatic rings. The van der Waals surface area contributed by atoms with Crippen LogP contribution in [0.15, 0.2) is 121 Å². The third-order valence-corrected chi connectivity index (χ3v) is 5.59. The molecule has 0 spiro atoms. The van der Waals surface area contributed by atoms with Crippen LogP contribution < -0.4 is 0 Å². The first-order valence-electron chi connectivity index (χ1n) is 11.8. The highest BCUT2D eigenvalue weighted by atomic mass is 16.5. The zero-order chi connectivity index (χ0) is 25.0. The Kier molecular flexibility index (Phi) is 9.06. The topological polar surface area (TPSA) is 46.9 Å². The van der Waals surface area contributed by atoms with Crippen LogP contribution in [-0.4, -0.2) is 32.6 Å². The molecule has 0 bridgehead atoms. The van der Waals surface area contributed by atoms with Crippen LogP contribution in [0.25, 0.3) is 0 Å². The van der Waals surface area contributed by atoms with Crippen LogP contribution in [0.3, 0.4) is 0 Å². The minimum Gasteiger partial charge on any atom is -0.312 e. The molecule has 0 saturated carbocycles. The first kappa shape index (κ1) is 24.9. The van der Waals surface area contributed by atoms with Crippen LogP contribution in [0.4, 0.5) is 0 Å². The normalized spacial score (nSPS) is 12.2. The minimum absolute atomic E-state index is 0.234. The number of hydrogen-bond donors (Lipinski definition) is 2. The zero-order valence-electron chi connectivity index (χ0n) is 19.9. The SMILES string of the molecule is ON(Cc1ccccc1)[C@H](C#Cc1ccccc1)[C@@H](C#Cc1ccccc1)N(O)Cc1ccccc1. The molecule has 0 amide bonds. The van der Waals surface area contributed by atoms with Gasteiger partial charge in [0.15, 0.2) is 0 Å². The molecule has 2 atom stereocenters. The quantitative estimate of drug-likeness (QED) is 0.271. The van der Waals surface area contributed by atoms with E-state index in [9.17, 15) is 10.4 Å². The highest BCUT2D eigenvalue weighted by Crippen LogP contribution is 2.15. The number of hydrogen-bond acceptors (Lipinski definition) is 4. The number of hydroxylamine groups is 4. The van der Waals surface area contributed by atoms with E-state index < -0.39 is 12.1 Å². The van der Waals surface area contributed by atoms with E-state index in [1.807, 2.05) is 121 Å². The molecule has 4 aromatic rings. The Morgan fingerprint density at radius 1 is 0.472 bits per heavy atom. The predicted molar refractivity (Wildman–Crippen MR) is 142 cm³/mol. The molecule has 0 aliphatic carbocycles. The average Bonchev–Trinajstić information content (AvgIpc) is 2.92. The second-order valence-corrected chi connectivity index (χ2v) is 8.33. The Hall–Kier alpha value is -4.16. The molecule has 4 aromatic carbocycles. The molecule has 178 valence electrons. The van der Waals surface area contributed by atoms with Gasteiger partial charge >= 0.3 is 0 Å². The summed E-state index contributed by atoms with van der Waals surface area (Å²) in [6.45, 7) is 0.468. The van der Waals surface area contributed by atoms with E-state index in [-0.39, 0.29) is 13.1 Å². The molecule has 0 unspecified atom stereocenters. The molecule has 0 aromatic heterocycles. The van der Waals surface area contributed by atoms with Crippen molar-refractivity contribution in [3.05, 3.63) is 144 Å². The summed E-state index contributed by atoms with van der Waals surface area (Å²) in [5, 5.41) is 24.8. The zero-order valence-corrected chi connectivity index (χ0v) is 19.9. The molecule has 4 nitrogen and oxygen atoms in total. The molecule has 36 heavy (non-hydrogen) atoms. The van der Waals surface area contributed by atoms with Gasteiger partial charge in [-0.2, -0.15) is 10.1 Å². The lowest BCUT2D eigenvalue weighted by atomic mass is 10.0. The van der Waals surface area contributed by atoms with Crippen molar-refractivity contribution in [1.29, 1.82) is 0 Å². The van der Waals surface area contributed by atoms with Gasteiger partial charge in [-0.05, 0) is 35.4 Å². The van der Waals surface area contributed by atoms with Gasteiger partial charge in [0.2, 0.25) is 0 Å². The molecule has 0 heterocycles. The van der Waals surface area contributed by atoms with Crippen molar-refractivity contribution in [2.45, 2.75) is 25.2 Å². The van der Waals surface area contributed by atoms with Crippen LogP contribution in [0.5, 0.6) is 0 Å². The van der Waals surface area contributed by atoms with Crippen molar-refractivity contribution in [2.24, 2.45) is 0 Å². The van der Waals surface area contributed by atoms with Gasteiger partial charge in [0.05, 0.1) is 13.1 Å². The average molecular weight is 473 g/mol. The summed E-state index contributed by atoms with van der Waals surface area (Å²) in [5.41, 5.74) is 3.48. The maximum atomic E-state index is 11.2. The third-order valence-electron chi connectivity index (χ3n) is 5.59. The Morgan fingerprint density at radius 3 is 1.11 bits per heavy atom. The van der Waals surface area contributed by atoms with Crippen molar-refractivity contribution < 1.29 is 10.4 Å². The van der Waals surface area contributed by atoms with Gasteiger partial charge in [-0.1, -0.05) is 121 Å². The van der Waals surface area contributed by atoms with Gasteiger partial charge in [0.1, 0.15) is 12.1 Å². The van der Waals surface area contributed by atoms with Gasteiger partial charge in [0.25, 0.3) is 0 Å². The Morgan fingerprint density at radius 2 is 0.778 bits per heavy atom. The third kappa shape index (κ3) is 7.42. The first-order chi connectivity index (χ1) is 17.7. The van der Waals surface area contributed by atoms with E-state index in [1.54, 1.807) is 0 Å². The van der Waals surface area contributed by atoms with E-state index in [4.69, 9.17) is 0 Å². The second kappa shape index (κ2) is 13.1. The molecular weight excluding hydrogens is 444 g/mol. The van der Waals surface area contributed by atoms with Crippen molar-refractivity contribution in [1.82, 2.24) is 10.1 Å². The minimum atomic E-state index is -0.796. The number of rotatable bonds is 7. The highest BCUT2D eigenvalue weighted by molar-refractivity contribution is 5.39. The molecule has 2 N–H and O–H groups in total. The maximum Gasteiger partial charge on any atom is 0.125 e. The van der Waals surface area contributed by atoms with Gasteiger partial charge in [-0.15, -0.1) is 0 Å². The summed E-state index contributed by atoms with van der Waals surface area (Å²) in [4.78, 5) is 0. The Bertz CT molecular complexity index is 1210. The molecule has 4 heteroatoms. The monoisotopic (exact) mass is 472 g/mol. The van der Waals surface area contributed by atoms with Crippen LogP contribution in [0, 0.1) is 23.7 Å². The second-order valence-electron chi connectivity index (χ2n) is 8.33. The maximum absolute atomic E-state index is 11.2. The largest absolute Gasteiger partial charge is 0.312 e. The summed E-state index contributed by atoms with van der Waals surface area (Å²) in [7, 11) is 0. The molecule has 0 fully saturated rings. The lowest BCUT2D eigenvalue weighted by molar-refractivity contribution is -0.180. The van der Waals surface area contributed by atoms with E-state index >= 15 is 0 Å². The van der Waals surface area contributed by atoms with Crippen molar-refractivity contribution >= 4 is 0 Å². The Labute approximate surface area is 213 Å². The van der Waals surface area contributed by atoms with Gasteiger partial charge in [-0.25, -0.2) is 0 Å². The number of nitrogens with zero attached hydrogens (tertiary/aromatic N) is 2. The molecule has 4 rings (SSSR count). The molecule has 0 aliphatic heterocycles. The van der Waals surface area contributed by atoms with Crippen molar-refractivity contribution in [3.63, 3.8) is 0 Å². The van der Waals surface area contributed by atoms with E-state index in [1.165, 1.54) is 0 Å². The van der Waals surface area contributed by atoms with Gasteiger partial charge in [0, 0.05) is 11.1 Å². The van der Waals surface area contributed by atoms with Crippen LogP contribution in [0.2, 0.25) is 0 Å². The van der Waals surface area contributed by atoms with Gasteiger partial charge < -0.3 is 10.4 Å². The fourth-order valence-corrected chi connectivity index (χ4v) is 3.73. The lowest BCUT2D eigenvalue weighted by Gasteiger charge is -2.31. The summed E-state index contributed by atoms with van der Waals surface area (Å²) in [6, 6.07) is 36.9. The molecule has 0 radical (unpaired) electrons. The summed E-state index contributed by atoms with van der Waals surface area (Å²) in [6.07, 6.45) is 0. The van der Waals surface area contributed by atoms with E-state index in [2.05, 4.69) is 23.7 Å². The fraction of sp³-hybridized carbons (Fsp3) is 0.125.